The molecule has 1 aromatic heterocycles. The first-order chi connectivity index (χ1) is 8.84. The molecule has 0 radical (unpaired) electrons. The number of nitrogens with zero attached hydrogens (tertiary/aromatic N) is 1. The molecule has 0 aliphatic carbocycles. The van der Waals surface area contributed by atoms with Crippen LogP contribution in [0.2, 0.25) is 0 Å². The van der Waals surface area contributed by atoms with E-state index in [1.807, 2.05) is 30.3 Å². The van der Waals surface area contributed by atoms with Gasteiger partial charge in [0.2, 0.25) is 5.88 Å². The van der Waals surface area contributed by atoms with Gasteiger partial charge in [0.15, 0.2) is 0 Å². The zero-order valence-corrected chi connectivity index (χ0v) is 10.1. The van der Waals surface area contributed by atoms with Gasteiger partial charge < -0.3 is 15.2 Å². The molecule has 0 aliphatic rings. The van der Waals surface area contributed by atoms with Crippen molar-refractivity contribution in [2.75, 3.05) is 18.9 Å². The van der Waals surface area contributed by atoms with E-state index in [0.717, 1.165) is 5.56 Å². The van der Waals surface area contributed by atoms with E-state index in [4.69, 9.17) is 15.2 Å². The molecule has 1 heterocycles. The maximum atomic E-state index is 5.52. The minimum Gasteiger partial charge on any atom is -0.475 e. The van der Waals surface area contributed by atoms with Crippen LogP contribution in [0, 0.1) is 0 Å². The molecule has 1 aromatic carbocycles. The summed E-state index contributed by atoms with van der Waals surface area (Å²) in [7, 11) is 0. The lowest BCUT2D eigenvalue weighted by Gasteiger charge is -2.06. The van der Waals surface area contributed by atoms with Gasteiger partial charge in [-0.2, -0.15) is 0 Å². The van der Waals surface area contributed by atoms with Crippen molar-refractivity contribution in [3.05, 3.63) is 54.2 Å². The Kier molecular flexibility index (Phi) is 4.55. The number of nitrogens with two attached hydrogens (primary N) is 1. The number of benzene rings is 1. The summed E-state index contributed by atoms with van der Waals surface area (Å²) < 4.78 is 10.9. The normalized spacial score (nSPS) is 10.2. The summed E-state index contributed by atoms with van der Waals surface area (Å²) in [6.07, 6.45) is 1.57. The summed E-state index contributed by atoms with van der Waals surface area (Å²) in [5.41, 5.74) is 7.31. The molecule has 0 aliphatic heterocycles. The summed E-state index contributed by atoms with van der Waals surface area (Å²) >= 11 is 0. The van der Waals surface area contributed by atoms with E-state index >= 15 is 0 Å². The van der Waals surface area contributed by atoms with Gasteiger partial charge in [0, 0.05) is 6.07 Å². The average molecular weight is 244 g/mol. The van der Waals surface area contributed by atoms with Gasteiger partial charge in [-0.05, 0) is 11.6 Å². The highest BCUT2D eigenvalue weighted by Gasteiger charge is 1.95. The van der Waals surface area contributed by atoms with Crippen LogP contribution in [0.4, 0.5) is 5.69 Å². The lowest BCUT2D eigenvalue weighted by Crippen LogP contribution is -2.07. The molecular formula is C14H16N2O2. The van der Waals surface area contributed by atoms with Gasteiger partial charge in [0.25, 0.3) is 0 Å². The number of aromatic nitrogens is 1. The zero-order valence-electron chi connectivity index (χ0n) is 10.1. The maximum absolute atomic E-state index is 5.52. The van der Waals surface area contributed by atoms with Crippen LogP contribution >= 0.6 is 0 Å². The highest BCUT2D eigenvalue weighted by Crippen LogP contribution is 2.08. The Labute approximate surface area is 106 Å². The molecule has 2 rings (SSSR count). The van der Waals surface area contributed by atoms with Gasteiger partial charge in [-0.25, -0.2) is 4.98 Å². The van der Waals surface area contributed by atoms with Crippen LogP contribution in [0.5, 0.6) is 5.88 Å². The van der Waals surface area contributed by atoms with Crippen LogP contribution in [0.1, 0.15) is 5.56 Å². The summed E-state index contributed by atoms with van der Waals surface area (Å²) in [6.45, 7) is 1.60. The Morgan fingerprint density at radius 1 is 1.00 bits per heavy atom. The second-order valence-corrected chi connectivity index (χ2v) is 3.82. The van der Waals surface area contributed by atoms with E-state index in [1.165, 1.54) is 0 Å². The number of rotatable bonds is 6. The van der Waals surface area contributed by atoms with Gasteiger partial charge in [-0.1, -0.05) is 30.3 Å². The fourth-order valence-corrected chi connectivity index (χ4v) is 1.45. The van der Waals surface area contributed by atoms with Crippen LogP contribution in [-0.4, -0.2) is 18.2 Å². The third kappa shape index (κ3) is 4.07. The van der Waals surface area contributed by atoms with Crippen LogP contribution in [0.25, 0.3) is 0 Å². The number of hydrogen-bond acceptors (Lipinski definition) is 4. The van der Waals surface area contributed by atoms with Crippen LogP contribution in [0.15, 0.2) is 48.7 Å². The van der Waals surface area contributed by atoms with Crippen molar-refractivity contribution >= 4 is 5.69 Å². The van der Waals surface area contributed by atoms with Gasteiger partial charge in [-0.15, -0.1) is 0 Å². The second-order valence-electron chi connectivity index (χ2n) is 3.82. The Balaban J connectivity index is 1.63. The van der Waals surface area contributed by atoms with Crippen molar-refractivity contribution in [2.45, 2.75) is 6.61 Å². The quantitative estimate of drug-likeness (QED) is 0.792. The van der Waals surface area contributed by atoms with Crippen LogP contribution in [0.3, 0.4) is 0 Å². The molecule has 0 atom stereocenters. The number of nitrogen functional groups attached to an aromatic ring is 1. The molecule has 0 amide bonds. The molecule has 2 aromatic rings. The fourth-order valence-electron chi connectivity index (χ4n) is 1.45. The third-order valence-electron chi connectivity index (χ3n) is 2.35. The van der Waals surface area contributed by atoms with Crippen LogP contribution in [-0.2, 0) is 11.3 Å². The van der Waals surface area contributed by atoms with Gasteiger partial charge in [0.05, 0.1) is 25.1 Å². The Morgan fingerprint density at radius 3 is 2.56 bits per heavy atom. The van der Waals surface area contributed by atoms with E-state index in [1.54, 1.807) is 18.3 Å². The molecule has 94 valence electrons. The summed E-state index contributed by atoms with van der Waals surface area (Å²) in [4.78, 5) is 4.03. The molecule has 0 fully saturated rings. The Morgan fingerprint density at radius 2 is 1.83 bits per heavy atom. The standard InChI is InChI=1S/C14H16N2O2/c15-13-6-7-14(16-10-13)18-9-8-17-11-12-4-2-1-3-5-12/h1-7,10H,8-9,11,15H2. The van der Waals surface area contributed by atoms with Gasteiger partial charge in [0.1, 0.15) is 6.61 Å². The van der Waals surface area contributed by atoms with Crippen molar-refractivity contribution in [2.24, 2.45) is 0 Å². The number of pyridine rings is 1. The van der Waals surface area contributed by atoms with E-state index in [-0.39, 0.29) is 0 Å². The molecule has 2 N–H and O–H groups in total. The number of ether oxygens (including phenoxy) is 2. The van der Waals surface area contributed by atoms with Crippen molar-refractivity contribution in [1.82, 2.24) is 4.98 Å². The smallest absolute Gasteiger partial charge is 0.213 e. The Hall–Kier alpha value is -2.07. The summed E-state index contributed by atoms with van der Waals surface area (Å²) in [6, 6.07) is 13.5. The molecule has 0 unspecified atom stereocenters. The maximum Gasteiger partial charge on any atom is 0.213 e. The summed E-state index contributed by atoms with van der Waals surface area (Å²) in [5.74, 6) is 0.563. The summed E-state index contributed by atoms with van der Waals surface area (Å²) in [5, 5.41) is 0. The Bertz CT molecular complexity index is 457. The first kappa shape index (κ1) is 12.4. The van der Waals surface area contributed by atoms with Gasteiger partial charge in [-0.3, -0.25) is 0 Å². The predicted molar refractivity (Wildman–Crippen MR) is 70.2 cm³/mol. The molecule has 0 saturated heterocycles. The van der Waals surface area contributed by atoms with E-state index in [0.29, 0.717) is 31.4 Å². The number of anilines is 1. The van der Waals surface area contributed by atoms with Gasteiger partial charge >= 0.3 is 0 Å². The van der Waals surface area contributed by atoms with Crippen molar-refractivity contribution in [1.29, 1.82) is 0 Å². The molecule has 18 heavy (non-hydrogen) atoms. The van der Waals surface area contributed by atoms with Crippen molar-refractivity contribution < 1.29 is 9.47 Å². The minimum absolute atomic E-state index is 0.476. The predicted octanol–water partition coefficient (Wildman–Crippen LogP) is 2.26. The lowest BCUT2D eigenvalue weighted by molar-refractivity contribution is 0.0875. The average Bonchev–Trinajstić information content (AvgIpc) is 2.42. The highest BCUT2D eigenvalue weighted by atomic mass is 16.5. The molecule has 0 bridgehead atoms. The van der Waals surface area contributed by atoms with Crippen molar-refractivity contribution in [3.8, 4) is 5.88 Å². The SMILES string of the molecule is Nc1ccc(OCCOCc2ccccc2)nc1. The molecule has 4 heteroatoms. The number of hydrogen-bond donors (Lipinski definition) is 1. The van der Waals surface area contributed by atoms with E-state index in [9.17, 15) is 0 Å². The molecule has 4 nitrogen and oxygen atoms in total. The fraction of sp³-hybridized carbons (Fsp3) is 0.214. The van der Waals surface area contributed by atoms with E-state index < -0.39 is 0 Å². The second kappa shape index (κ2) is 6.61. The van der Waals surface area contributed by atoms with Crippen molar-refractivity contribution in [3.63, 3.8) is 0 Å². The third-order valence-corrected chi connectivity index (χ3v) is 2.35. The topological polar surface area (TPSA) is 57.4 Å². The monoisotopic (exact) mass is 244 g/mol. The molecule has 0 saturated carbocycles. The van der Waals surface area contributed by atoms with Crippen LogP contribution < -0.4 is 10.5 Å². The molecule has 0 spiro atoms. The highest BCUT2D eigenvalue weighted by molar-refractivity contribution is 5.35. The molecular weight excluding hydrogens is 228 g/mol. The van der Waals surface area contributed by atoms with E-state index in [2.05, 4.69) is 4.98 Å². The minimum atomic E-state index is 0.476. The largest absolute Gasteiger partial charge is 0.475 e. The first-order valence-corrected chi connectivity index (χ1v) is 5.80. The lowest BCUT2D eigenvalue weighted by atomic mass is 10.2. The zero-order chi connectivity index (χ0) is 12.6. The first-order valence-electron chi connectivity index (χ1n) is 5.80.